The summed E-state index contributed by atoms with van der Waals surface area (Å²) in [6.45, 7) is 1.21. The molecule has 1 atom stereocenters. The molecule has 0 unspecified atom stereocenters. The van der Waals surface area contributed by atoms with E-state index in [2.05, 4.69) is 10.6 Å². The minimum atomic E-state index is -0.514. The van der Waals surface area contributed by atoms with E-state index in [1.165, 1.54) is 6.26 Å². The molecule has 0 saturated carbocycles. The Morgan fingerprint density at radius 2 is 1.81 bits per heavy atom. The van der Waals surface area contributed by atoms with Crippen LogP contribution in [0.2, 0.25) is 0 Å². The summed E-state index contributed by atoms with van der Waals surface area (Å²) in [4.78, 5) is 27.5. The summed E-state index contributed by atoms with van der Waals surface area (Å²) < 4.78 is 10.5. The second kappa shape index (κ2) is 10.2. The fourth-order valence-corrected chi connectivity index (χ4v) is 3.93. The van der Waals surface area contributed by atoms with Crippen LogP contribution in [-0.4, -0.2) is 43.0 Å². The highest BCUT2D eigenvalue weighted by molar-refractivity contribution is 5.95. The Bertz CT molecular complexity index is 1030. The molecule has 3 aromatic rings. The highest BCUT2D eigenvalue weighted by Crippen LogP contribution is 2.22. The molecular weight excluding hydrogens is 406 g/mol. The number of nitrogens with zero attached hydrogens (tertiary/aromatic N) is 1. The van der Waals surface area contributed by atoms with Crippen LogP contribution in [0.4, 0.5) is 5.69 Å². The highest BCUT2D eigenvalue weighted by atomic mass is 16.5. The second-order valence-electron chi connectivity index (χ2n) is 7.78. The van der Waals surface area contributed by atoms with E-state index in [-0.39, 0.29) is 17.9 Å². The molecule has 2 aromatic carbocycles. The molecule has 0 spiro atoms. The number of likely N-dealkylation sites (tertiary alicyclic amines) is 1. The number of piperidine rings is 1. The van der Waals surface area contributed by atoms with Crippen LogP contribution in [-0.2, 0) is 4.79 Å². The molecule has 7 nitrogen and oxygen atoms in total. The van der Waals surface area contributed by atoms with Gasteiger partial charge in [0.25, 0.3) is 5.91 Å². The number of furan rings is 1. The van der Waals surface area contributed by atoms with Crippen LogP contribution in [0.5, 0.6) is 5.75 Å². The van der Waals surface area contributed by atoms with E-state index in [1.54, 1.807) is 30.2 Å². The van der Waals surface area contributed by atoms with Crippen molar-refractivity contribution >= 4 is 17.5 Å². The first-order chi connectivity index (χ1) is 15.6. The van der Waals surface area contributed by atoms with E-state index in [0.29, 0.717) is 30.3 Å². The summed E-state index contributed by atoms with van der Waals surface area (Å²) in [5.41, 5.74) is 1.57. The van der Waals surface area contributed by atoms with Gasteiger partial charge in [-0.15, -0.1) is 0 Å². The lowest BCUT2D eigenvalue weighted by Gasteiger charge is -2.34. The maximum Gasteiger partial charge on any atom is 0.289 e. The number of nitrogens with one attached hydrogen (secondary N) is 2. The van der Waals surface area contributed by atoms with Gasteiger partial charge in [0.05, 0.1) is 13.4 Å². The van der Waals surface area contributed by atoms with Crippen LogP contribution in [0.15, 0.2) is 77.4 Å². The first-order valence-electron chi connectivity index (χ1n) is 10.7. The number of carbonyl (C=O) groups excluding carboxylic acids is 2. The number of rotatable bonds is 7. The van der Waals surface area contributed by atoms with E-state index >= 15 is 0 Å². The summed E-state index contributed by atoms with van der Waals surface area (Å²) in [5, 5.41) is 6.50. The van der Waals surface area contributed by atoms with Gasteiger partial charge in [-0.1, -0.05) is 36.4 Å². The van der Waals surface area contributed by atoms with Gasteiger partial charge in [0.1, 0.15) is 11.8 Å². The topological polar surface area (TPSA) is 83.8 Å². The molecule has 2 N–H and O–H groups in total. The van der Waals surface area contributed by atoms with Gasteiger partial charge in [0, 0.05) is 30.9 Å². The molecule has 1 saturated heterocycles. The summed E-state index contributed by atoms with van der Waals surface area (Å²) in [5.74, 6) is 0.805. The van der Waals surface area contributed by atoms with E-state index in [0.717, 1.165) is 18.4 Å². The average Bonchev–Trinajstić information content (AvgIpc) is 3.38. The molecular formula is C25H27N3O4. The van der Waals surface area contributed by atoms with Crippen molar-refractivity contribution in [2.24, 2.45) is 0 Å². The monoisotopic (exact) mass is 433 g/mol. The molecule has 2 amide bonds. The van der Waals surface area contributed by atoms with Crippen LogP contribution < -0.4 is 15.4 Å². The van der Waals surface area contributed by atoms with Crippen LogP contribution in [0.25, 0.3) is 0 Å². The van der Waals surface area contributed by atoms with Crippen molar-refractivity contribution in [3.8, 4) is 5.75 Å². The first-order valence-corrected chi connectivity index (χ1v) is 10.7. The van der Waals surface area contributed by atoms with Crippen LogP contribution in [0, 0.1) is 0 Å². The number of anilines is 1. The quantitative estimate of drug-likeness (QED) is 0.591. The molecule has 1 aromatic heterocycles. The molecule has 1 aliphatic rings. The van der Waals surface area contributed by atoms with Gasteiger partial charge in [-0.2, -0.15) is 0 Å². The van der Waals surface area contributed by atoms with Gasteiger partial charge in [0.15, 0.2) is 5.76 Å². The molecule has 0 radical (unpaired) electrons. The van der Waals surface area contributed by atoms with E-state index < -0.39 is 6.04 Å². The number of hydrogen-bond acceptors (Lipinski definition) is 5. The fraction of sp³-hybridized carbons (Fsp3) is 0.280. The summed E-state index contributed by atoms with van der Waals surface area (Å²) in [6, 6.07) is 20.0. The molecule has 0 aliphatic carbocycles. The zero-order valence-electron chi connectivity index (χ0n) is 18.0. The fourth-order valence-electron chi connectivity index (χ4n) is 3.93. The van der Waals surface area contributed by atoms with Crippen molar-refractivity contribution < 1.29 is 18.7 Å². The Hall–Kier alpha value is -3.58. The van der Waals surface area contributed by atoms with E-state index in [1.807, 2.05) is 48.5 Å². The molecule has 1 fully saturated rings. The molecule has 1 aliphatic heterocycles. The van der Waals surface area contributed by atoms with Crippen molar-refractivity contribution in [1.29, 1.82) is 0 Å². The predicted octanol–water partition coefficient (Wildman–Crippen LogP) is 3.86. The van der Waals surface area contributed by atoms with Gasteiger partial charge < -0.3 is 19.4 Å². The SMILES string of the molecule is COc1cccc(NC(=O)[C@@H](NC2CCN(C(=O)c3ccco3)CC2)c2ccccc2)c1. The van der Waals surface area contributed by atoms with Gasteiger partial charge in [-0.25, -0.2) is 0 Å². The third kappa shape index (κ3) is 5.18. The molecule has 2 heterocycles. The Morgan fingerprint density at radius 3 is 2.50 bits per heavy atom. The van der Waals surface area contributed by atoms with E-state index in [4.69, 9.17) is 9.15 Å². The Balaban J connectivity index is 1.42. The van der Waals surface area contributed by atoms with Crippen LogP contribution >= 0.6 is 0 Å². The van der Waals surface area contributed by atoms with Crippen molar-refractivity contribution in [3.63, 3.8) is 0 Å². The smallest absolute Gasteiger partial charge is 0.289 e. The van der Waals surface area contributed by atoms with Crippen molar-refractivity contribution in [3.05, 3.63) is 84.3 Å². The lowest BCUT2D eigenvalue weighted by atomic mass is 10.00. The van der Waals surface area contributed by atoms with Crippen LogP contribution in [0.3, 0.4) is 0 Å². The lowest BCUT2D eigenvalue weighted by Crippen LogP contribution is -2.47. The molecule has 7 heteroatoms. The standard InChI is InChI=1S/C25H27N3O4/c1-31-21-10-5-9-20(17-21)27-24(29)23(18-7-3-2-4-8-18)26-19-12-14-28(15-13-19)25(30)22-11-6-16-32-22/h2-11,16-17,19,23,26H,12-15H2,1H3,(H,27,29)/t23-/m0/s1. The molecule has 0 bridgehead atoms. The number of carbonyl (C=O) groups is 2. The molecule has 4 rings (SSSR count). The third-order valence-corrected chi connectivity index (χ3v) is 5.65. The zero-order chi connectivity index (χ0) is 22.3. The number of ether oxygens (including phenoxy) is 1. The Kier molecular flexibility index (Phi) is 6.87. The van der Waals surface area contributed by atoms with E-state index in [9.17, 15) is 9.59 Å². The normalized spacial score (nSPS) is 15.2. The largest absolute Gasteiger partial charge is 0.497 e. The first kappa shape index (κ1) is 21.6. The highest BCUT2D eigenvalue weighted by Gasteiger charge is 2.29. The number of methoxy groups -OCH3 is 1. The van der Waals surface area contributed by atoms with Gasteiger partial charge in [0.2, 0.25) is 5.91 Å². The summed E-state index contributed by atoms with van der Waals surface area (Å²) >= 11 is 0. The second-order valence-corrected chi connectivity index (χ2v) is 7.78. The van der Waals surface area contributed by atoms with Crippen molar-refractivity contribution in [2.45, 2.75) is 24.9 Å². The molecule has 32 heavy (non-hydrogen) atoms. The summed E-state index contributed by atoms with van der Waals surface area (Å²) in [6.07, 6.45) is 3.01. The minimum Gasteiger partial charge on any atom is -0.497 e. The zero-order valence-corrected chi connectivity index (χ0v) is 18.0. The number of hydrogen-bond donors (Lipinski definition) is 2. The van der Waals surface area contributed by atoms with Gasteiger partial charge in [-0.3, -0.25) is 14.9 Å². The maximum atomic E-state index is 13.2. The Labute approximate surface area is 187 Å². The summed E-state index contributed by atoms with van der Waals surface area (Å²) in [7, 11) is 1.60. The van der Waals surface area contributed by atoms with Crippen molar-refractivity contribution in [1.82, 2.24) is 10.2 Å². The Morgan fingerprint density at radius 1 is 1.03 bits per heavy atom. The predicted molar refractivity (Wildman–Crippen MR) is 122 cm³/mol. The number of amides is 2. The average molecular weight is 434 g/mol. The minimum absolute atomic E-state index is 0.0937. The maximum absolute atomic E-state index is 13.2. The third-order valence-electron chi connectivity index (χ3n) is 5.65. The van der Waals surface area contributed by atoms with Crippen molar-refractivity contribution in [2.75, 3.05) is 25.5 Å². The van der Waals surface area contributed by atoms with Gasteiger partial charge in [-0.05, 0) is 42.7 Å². The van der Waals surface area contributed by atoms with Gasteiger partial charge >= 0.3 is 0 Å². The molecule has 166 valence electrons. The lowest BCUT2D eigenvalue weighted by molar-refractivity contribution is -0.118. The van der Waals surface area contributed by atoms with Crippen LogP contribution in [0.1, 0.15) is 35.0 Å². The number of benzene rings is 2.